The van der Waals surface area contributed by atoms with Crippen molar-refractivity contribution in [3.63, 3.8) is 0 Å². The molecule has 2 rings (SSSR count). The lowest BCUT2D eigenvalue weighted by molar-refractivity contribution is -0.141. The van der Waals surface area contributed by atoms with Crippen LogP contribution in [0.3, 0.4) is 0 Å². The van der Waals surface area contributed by atoms with E-state index in [0.717, 1.165) is 5.56 Å². The summed E-state index contributed by atoms with van der Waals surface area (Å²) in [6, 6.07) is 4.88. The number of carboxylic acid groups (broad SMARTS) is 1. The number of carbonyl (C=O) groups is 1. The lowest BCUT2D eigenvalue weighted by atomic mass is 9.89. The van der Waals surface area contributed by atoms with Crippen LogP contribution in [0.4, 0.5) is 4.39 Å². The third kappa shape index (κ3) is 1.74. The van der Waals surface area contributed by atoms with Crippen LogP contribution in [0.15, 0.2) is 23.1 Å². The Hall–Kier alpha value is -1.03. The van der Waals surface area contributed by atoms with Gasteiger partial charge in [0.1, 0.15) is 5.82 Å². The molecule has 80 valence electrons. The maximum Gasteiger partial charge on any atom is 0.306 e. The van der Waals surface area contributed by atoms with E-state index >= 15 is 0 Å². The number of halogens is 1. The zero-order valence-corrected chi connectivity index (χ0v) is 9.05. The molecule has 0 amide bonds. The first-order chi connectivity index (χ1) is 7.11. The van der Waals surface area contributed by atoms with Crippen molar-refractivity contribution in [2.75, 3.05) is 5.75 Å². The highest BCUT2D eigenvalue weighted by molar-refractivity contribution is 7.99. The quantitative estimate of drug-likeness (QED) is 0.842. The van der Waals surface area contributed by atoms with E-state index in [-0.39, 0.29) is 11.7 Å². The Balaban J connectivity index is 2.37. The zero-order chi connectivity index (χ0) is 11.0. The normalized spacial score (nSPS) is 21.1. The number of benzene rings is 1. The molecular weight excluding hydrogens is 215 g/mol. The molecule has 4 heteroatoms. The lowest BCUT2D eigenvalue weighted by Crippen LogP contribution is -2.18. The van der Waals surface area contributed by atoms with E-state index in [1.165, 1.54) is 17.8 Å². The van der Waals surface area contributed by atoms with Gasteiger partial charge in [0, 0.05) is 16.6 Å². The molecule has 2 nitrogen and oxygen atoms in total. The molecule has 1 aliphatic heterocycles. The van der Waals surface area contributed by atoms with Crippen LogP contribution >= 0.6 is 11.8 Å². The van der Waals surface area contributed by atoms with E-state index in [1.807, 2.05) is 6.07 Å². The third-order valence-corrected chi connectivity index (χ3v) is 4.04. The summed E-state index contributed by atoms with van der Waals surface area (Å²) in [7, 11) is 0. The highest BCUT2D eigenvalue weighted by atomic mass is 32.2. The van der Waals surface area contributed by atoms with E-state index in [9.17, 15) is 9.18 Å². The number of rotatable bonds is 2. The van der Waals surface area contributed by atoms with Gasteiger partial charge in [-0.05, 0) is 11.6 Å². The summed E-state index contributed by atoms with van der Waals surface area (Å²) in [5.74, 6) is -0.932. The first-order valence-corrected chi connectivity index (χ1v) is 5.74. The van der Waals surface area contributed by atoms with E-state index in [1.54, 1.807) is 13.0 Å². The van der Waals surface area contributed by atoms with Crippen molar-refractivity contribution >= 4 is 17.7 Å². The predicted molar refractivity (Wildman–Crippen MR) is 56.7 cm³/mol. The van der Waals surface area contributed by atoms with E-state index in [4.69, 9.17) is 5.11 Å². The molecule has 1 aromatic carbocycles. The Morgan fingerprint density at radius 3 is 3.07 bits per heavy atom. The van der Waals surface area contributed by atoms with Gasteiger partial charge >= 0.3 is 5.97 Å². The number of hydrogen-bond acceptors (Lipinski definition) is 2. The van der Waals surface area contributed by atoms with Gasteiger partial charge in [0.25, 0.3) is 0 Å². The molecule has 1 N–H and O–H groups in total. The summed E-state index contributed by atoms with van der Waals surface area (Å²) in [4.78, 5) is 11.5. The van der Waals surface area contributed by atoms with Gasteiger partial charge < -0.3 is 5.11 Å². The highest BCUT2D eigenvalue weighted by Crippen LogP contribution is 2.44. The number of fused-ring (bicyclic) bond motifs is 1. The van der Waals surface area contributed by atoms with Gasteiger partial charge in [-0.3, -0.25) is 4.79 Å². The van der Waals surface area contributed by atoms with Crippen LogP contribution in [-0.2, 0) is 4.79 Å². The van der Waals surface area contributed by atoms with Crippen molar-refractivity contribution in [3.05, 3.63) is 29.6 Å². The third-order valence-electron chi connectivity index (χ3n) is 2.80. The summed E-state index contributed by atoms with van der Waals surface area (Å²) < 4.78 is 13.4. The topological polar surface area (TPSA) is 37.3 Å². The molecule has 1 aromatic rings. The second kappa shape index (κ2) is 3.85. The molecule has 0 bridgehead atoms. The first-order valence-electron chi connectivity index (χ1n) is 4.75. The smallest absolute Gasteiger partial charge is 0.306 e. The second-order valence-corrected chi connectivity index (χ2v) is 4.73. The van der Waals surface area contributed by atoms with Crippen molar-refractivity contribution in [2.45, 2.75) is 17.7 Å². The van der Waals surface area contributed by atoms with Crippen LogP contribution in [0, 0.1) is 11.7 Å². The summed E-state index contributed by atoms with van der Waals surface area (Å²) in [6.07, 6.45) is 0. The largest absolute Gasteiger partial charge is 0.481 e. The minimum Gasteiger partial charge on any atom is -0.481 e. The molecule has 0 radical (unpaired) electrons. The maximum atomic E-state index is 13.4. The van der Waals surface area contributed by atoms with Crippen LogP contribution in [-0.4, -0.2) is 16.8 Å². The Labute approximate surface area is 91.5 Å². The Morgan fingerprint density at radius 2 is 2.40 bits per heavy atom. The fourth-order valence-corrected chi connectivity index (χ4v) is 3.22. The first kappa shape index (κ1) is 10.5. The van der Waals surface area contributed by atoms with Crippen LogP contribution < -0.4 is 0 Å². The number of thioether (sulfide) groups is 1. The van der Waals surface area contributed by atoms with Gasteiger partial charge in [-0.1, -0.05) is 19.1 Å². The number of aliphatic carboxylic acids is 1. The fourth-order valence-electron chi connectivity index (χ4n) is 1.82. The van der Waals surface area contributed by atoms with Gasteiger partial charge in [0.15, 0.2) is 0 Å². The monoisotopic (exact) mass is 226 g/mol. The second-order valence-electron chi connectivity index (χ2n) is 3.70. The van der Waals surface area contributed by atoms with Crippen LogP contribution in [0.1, 0.15) is 18.4 Å². The molecule has 0 aromatic heterocycles. The molecule has 2 atom stereocenters. The predicted octanol–water partition coefficient (Wildman–Crippen LogP) is 2.74. The van der Waals surface area contributed by atoms with Crippen molar-refractivity contribution < 1.29 is 14.3 Å². The molecule has 1 aliphatic rings. The Bertz CT molecular complexity index is 406. The molecule has 0 fully saturated rings. The summed E-state index contributed by atoms with van der Waals surface area (Å²) in [6.45, 7) is 1.67. The van der Waals surface area contributed by atoms with Crippen LogP contribution in [0.2, 0.25) is 0 Å². The molecule has 0 saturated heterocycles. The minimum atomic E-state index is -0.822. The molecule has 2 unspecified atom stereocenters. The van der Waals surface area contributed by atoms with Crippen molar-refractivity contribution in [3.8, 4) is 0 Å². The van der Waals surface area contributed by atoms with Gasteiger partial charge in [-0.2, -0.15) is 0 Å². The van der Waals surface area contributed by atoms with Gasteiger partial charge in [0.2, 0.25) is 0 Å². The molecule has 1 heterocycles. The van der Waals surface area contributed by atoms with Crippen molar-refractivity contribution in [2.24, 2.45) is 5.92 Å². The highest BCUT2D eigenvalue weighted by Gasteiger charge is 2.32. The molecular formula is C11H11FO2S. The van der Waals surface area contributed by atoms with E-state index in [2.05, 4.69) is 0 Å². The summed E-state index contributed by atoms with van der Waals surface area (Å²) in [5, 5.41) is 8.93. The average molecular weight is 226 g/mol. The summed E-state index contributed by atoms with van der Waals surface area (Å²) in [5.41, 5.74) is 0.843. The fraction of sp³-hybridized carbons (Fsp3) is 0.364. The van der Waals surface area contributed by atoms with Gasteiger partial charge in [-0.15, -0.1) is 11.8 Å². The lowest BCUT2D eigenvalue weighted by Gasteiger charge is -2.14. The molecule has 0 aliphatic carbocycles. The zero-order valence-electron chi connectivity index (χ0n) is 8.24. The Morgan fingerprint density at radius 1 is 1.67 bits per heavy atom. The van der Waals surface area contributed by atoms with Crippen molar-refractivity contribution in [1.82, 2.24) is 0 Å². The SMILES string of the molecule is CC(C(=O)O)C1CSc2c(F)cccc21. The van der Waals surface area contributed by atoms with Crippen molar-refractivity contribution in [1.29, 1.82) is 0 Å². The maximum absolute atomic E-state index is 13.4. The molecule has 0 saturated carbocycles. The van der Waals surface area contributed by atoms with Crippen LogP contribution in [0.25, 0.3) is 0 Å². The van der Waals surface area contributed by atoms with Gasteiger partial charge in [0.05, 0.1) is 5.92 Å². The standard InChI is InChI=1S/C11H11FO2S/c1-6(11(13)14)8-5-15-10-7(8)3-2-4-9(10)12/h2-4,6,8H,5H2,1H3,(H,13,14). The minimum absolute atomic E-state index is 0.0711. The van der Waals surface area contributed by atoms with Gasteiger partial charge in [-0.25, -0.2) is 4.39 Å². The molecule has 15 heavy (non-hydrogen) atoms. The van der Waals surface area contributed by atoms with E-state index < -0.39 is 11.9 Å². The van der Waals surface area contributed by atoms with Crippen LogP contribution in [0.5, 0.6) is 0 Å². The molecule has 0 spiro atoms. The summed E-state index contributed by atoms with van der Waals surface area (Å²) >= 11 is 1.41. The number of hydrogen-bond donors (Lipinski definition) is 1. The Kier molecular flexibility index (Phi) is 2.69. The number of carboxylic acids is 1. The average Bonchev–Trinajstić information content (AvgIpc) is 2.61. The van der Waals surface area contributed by atoms with E-state index in [0.29, 0.717) is 10.6 Å².